The van der Waals surface area contributed by atoms with Gasteiger partial charge >= 0.3 is 0 Å². The number of amides is 1. The largest absolute Gasteiger partial charge is 0.495 e. The summed E-state index contributed by atoms with van der Waals surface area (Å²) in [6.07, 6.45) is 2.57. The Bertz CT molecular complexity index is 551. The predicted molar refractivity (Wildman–Crippen MR) is 85.9 cm³/mol. The zero-order valence-corrected chi connectivity index (χ0v) is 13.7. The molecule has 0 heterocycles. The fourth-order valence-corrected chi connectivity index (χ4v) is 2.22. The number of anilines is 1. The molecule has 1 N–H and O–H groups in total. The van der Waals surface area contributed by atoms with Crippen molar-refractivity contribution in [1.29, 1.82) is 5.26 Å². The van der Waals surface area contributed by atoms with Crippen LogP contribution in [-0.4, -0.2) is 25.2 Å². The Morgan fingerprint density at radius 2 is 2.14 bits per heavy atom. The van der Waals surface area contributed by atoms with Gasteiger partial charge in [0.05, 0.1) is 12.7 Å². The third-order valence-corrected chi connectivity index (χ3v) is 3.53. The Morgan fingerprint density at radius 3 is 2.68 bits per heavy atom. The lowest BCUT2D eigenvalue weighted by molar-refractivity contribution is -0.139. The second kappa shape index (κ2) is 8.40. The van der Waals surface area contributed by atoms with Crippen LogP contribution < -0.4 is 10.1 Å². The fraction of sp³-hybridized carbons (Fsp3) is 0.529. The van der Waals surface area contributed by atoms with Crippen molar-refractivity contribution >= 4 is 11.6 Å². The number of hydrogen-bond acceptors (Lipinski definition) is 4. The summed E-state index contributed by atoms with van der Waals surface area (Å²) < 4.78 is 10.8. The van der Waals surface area contributed by atoms with E-state index in [1.165, 1.54) is 7.11 Å². The summed E-state index contributed by atoms with van der Waals surface area (Å²) in [5, 5.41) is 11.9. The molecule has 0 aliphatic heterocycles. The lowest BCUT2D eigenvalue weighted by Crippen LogP contribution is -2.42. The number of carbonyl (C=O) groups is 1. The van der Waals surface area contributed by atoms with Crippen LogP contribution >= 0.6 is 0 Å². The highest BCUT2D eigenvalue weighted by atomic mass is 16.5. The topological polar surface area (TPSA) is 71.3 Å². The normalized spacial score (nSPS) is 13.0. The lowest BCUT2D eigenvalue weighted by atomic mass is 9.97. The number of methoxy groups -OCH3 is 1. The summed E-state index contributed by atoms with van der Waals surface area (Å²) in [7, 11) is 1.51. The van der Waals surface area contributed by atoms with Crippen LogP contribution in [0.15, 0.2) is 18.2 Å². The Kier molecular flexibility index (Phi) is 6.87. The molecule has 1 aromatic rings. The van der Waals surface area contributed by atoms with Gasteiger partial charge in [-0.3, -0.25) is 4.79 Å². The molecule has 0 unspecified atom stereocenters. The van der Waals surface area contributed by atoms with Crippen LogP contribution in [0.2, 0.25) is 0 Å². The molecule has 22 heavy (non-hydrogen) atoms. The first-order chi connectivity index (χ1) is 10.5. The molecule has 0 aliphatic carbocycles. The minimum Gasteiger partial charge on any atom is -0.495 e. The number of carbonyl (C=O) groups excluding carboxylic acids is 1. The molecule has 120 valence electrons. The van der Waals surface area contributed by atoms with E-state index < -0.39 is 5.60 Å². The van der Waals surface area contributed by atoms with Gasteiger partial charge in [-0.2, -0.15) is 5.26 Å². The molecule has 5 heteroatoms. The molecular weight excluding hydrogens is 280 g/mol. The maximum absolute atomic E-state index is 12.5. The molecule has 1 amide bonds. The Balaban J connectivity index is 2.92. The van der Waals surface area contributed by atoms with Crippen LogP contribution in [0.5, 0.6) is 5.75 Å². The monoisotopic (exact) mass is 304 g/mol. The zero-order valence-electron chi connectivity index (χ0n) is 13.7. The van der Waals surface area contributed by atoms with Crippen molar-refractivity contribution in [2.24, 2.45) is 0 Å². The lowest BCUT2D eigenvalue weighted by Gasteiger charge is -2.28. The smallest absolute Gasteiger partial charge is 0.256 e. The van der Waals surface area contributed by atoms with E-state index in [2.05, 4.69) is 18.3 Å². The van der Waals surface area contributed by atoms with Crippen molar-refractivity contribution in [1.82, 2.24) is 0 Å². The maximum atomic E-state index is 12.5. The highest BCUT2D eigenvalue weighted by Gasteiger charge is 2.33. The summed E-state index contributed by atoms with van der Waals surface area (Å²) in [6, 6.07) is 7.03. The highest BCUT2D eigenvalue weighted by Crippen LogP contribution is 2.25. The molecule has 1 aromatic carbocycles. The van der Waals surface area contributed by atoms with E-state index in [9.17, 15) is 4.79 Å². The van der Waals surface area contributed by atoms with E-state index in [0.29, 0.717) is 30.0 Å². The van der Waals surface area contributed by atoms with E-state index in [-0.39, 0.29) is 5.91 Å². The highest BCUT2D eigenvalue weighted by molar-refractivity contribution is 5.97. The van der Waals surface area contributed by atoms with Crippen LogP contribution in [0.25, 0.3) is 0 Å². The molecule has 5 nitrogen and oxygen atoms in total. The van der Waals surface area contributed by atoms with Gasteiger partial charge in [-0.25, -0.2) is 0 Å². The van der Waals surface area contributed by atoms with Gasteiger partial charge in [0.15, 0.2) is 0 Å². The number of nitrogens with one attached hydrogen (secondary N) is 1. The van der Waals surface area contributed by atoms with Gasteiger partial charge in [0.25, 0.3) is 5.91 Å². The van der Waals surface area contributed by atoms with Gasteiger partial charge in [0.1, 0.15) is 17.4 Å². The van der Waals surface area contributed by atoms with Crippen molar-refractivity contribution < 1.29 is 14.3 Å². The first kappa shape index (κ1) is 18.0. The summed E-state index contributed by atoms with van der Waals surface area (Å²) in [6.45, 7) is 6.22. The van der Waals surface area contributed by atoms with Crippen LogP contribution in [0.4, 0.5) is 5.69 Å². The molecule has 0 bridgehead atoms. The number of benzene rings is 1. The Morgan fingerprint density at radius 1 is 1.41 bits per heavy atom. The second-order valence-corrected chi connectivity index (χ2v) is 5.25. The Hall–Kier alpha value is -2.06. The minimum absolute atomic E-state index is 0.197. The number of rotatable bonds is 8. The molecule has 1 rings (SSSR count). The number of ether oxygens (including phenoxy) is 2. The van der Waals surface area contributed by atoms with Gasteiger partial charge in [0, 0.05) is 12.3 Å². The predicted octanol–water partition coefficient (Wildman–Crippen LogP) is 3.49. The minimum atomic E-state index is -0.864. The molecule has 0 radical (unpaired) electrons. The molecule has 0 aromatic heterocycles. The van der Waals surface area contributed by atoms with Crippen molar-refractivity contribution in [2.45, 2.75) is 45.6 Å². The summed E-state index contributed by atoms with van der Waals surface area (Å²) in [5.74, 6) is 0.288. The van der Waals surface area contributed by atoms with E-state index in [0.717, 1.165) is 12.8 Å². The number of unbranched alkanes of at least 4 members (excludes halogenated alkanes) is 1. The maximum Gasteiger partial charge on any atom is 0.256 e. The third-order valence-electron chi connectivity index (χ3n) is 3.53. The van der Waals surface area contributed by atoms with Gasteiger partial charge in [-0.05, 0) is 38.5 Å². The van der Waals surface area contributed by atoms with E-state index in [4.69, 9.17) is 14.7 Å². The first-order valence-corrected chi connectivity index (χ1v) is 7.54. The molecule has 0 aliphatic rings. The van der Waals surface area contributed by atoms with Crippen molar-refractivity contribution in [3.63, 3.8) is 0 Å². The van der Waals surface area contributed by atoms with Crippen molar-refractivity contribution in [2.75, 3.05) is 19.0 Å². The SMILES string of the molecule is CCCC[C@@](C)(OCC)C(=O)Nc1ccc(OC)c(C#N)c1. The summed E-state index contributed by atoms with van der Waals surface area (Å²) in [4.78, 5) is 12.5. The molecule has 0 fully saturated rings. The van der Waals surface area contributed by atoms with Crippen LogP contribution in [0.1, 0.15) is 45.6 Å². The molecule has 0 spiro atoms. The molecular formula is C17H24N2O3. The first-order valence-electron chi connectivity index (χ1n) is 7.54. The Labute approximate surface area is 132 Å². The van der Waals surface area contributed by atoms with Crippen molar-refractivity contribution in [3.8, 4) is 11.8 Å². The molecule has 0 saturated carbocycles. The van der Waals surface area contributed by atoms with Crippen LogP contribution in [-0.2, 0) is 9.53 Å². The second-order valence-electron chi connectivity index (χ2n) is 5.25. The van der Waals surface area contributed by atoms with Gasteiger partial charge in [-0.1, -0.05) is 19.8 Å². The summed E-state index contributed by atoms with van der Waals surface area (Å²) >= 11 is 0. The molecule has 1 atom stereocenters. The quantitative estimate of drug-likeness (QED) is 0.798. The number of nitrogens with zero attached hydrogens (tertiary/aromatic N) is 1. The van der Waals surface area contributed by atoms with Crippen molar-refractivity contribution in [3.05, 3.63) is 23.8 Å². The fourth-order valence-electron chi connectivity index (χ4n) is 2.22. The van der Waals surface area contributed by atoms with Gasteiger partial charge < -0.3 is 14.8 Å². The van der Waals surface area contributed by atoms with Crippen LogP contribution in [0.3, 0.4) is 0 Å². The van der Waals surface area contributed by atoms with Gasteiger partial charge in [-0.15, -0.1) is 0 Å². The average Bonchev–Trinajstić information content (AvgIpc) is 2.53. The van der Waals surface area contributed by atoms with E-state index in [1.54, 1.807) is 25.1 Å². The zero-order chi connectivity index (χ0) is 16.6. The third kappa shape index (κ3) is 4.47. The standard InChI is InChI=1S/C17H24N2O3/c1-5-7-10-17(3,22-6-2)16(20)19-14-8-9-15(21-4)13(11-14)12-18/h8-9,11H,5-7,10H2,1-4H3,(H,19,20)/t17-/m1/s1. The molecule has 0 saturated heterocycles. The average molecular weight is 304 g/mol. The number of nitriles is 1. The number of hydrogen-bond donors (Lipinski definition) is 1. The summed E-state index contributed by atoms with van der Waals surface area (Å²) in [5.41, 5.74) is 0.0778. The van der Waals surface area contributed by atoms with Gasteiger partial charge in [0.2, 0.25) is 0 Å². The van der Waals surface area contributed by atoms with Crippen LogP contribution in [0, 0.1) is 11.3 Å². The van der Waals surface area contributed by atoms with E-state index in [1.807, 2.05) is 6.92 Å². The van der Waals surface area contributed by atoms with E-state index >= 15 is 0 Å².